The molecule has 0 unspecified atom stereocenters. The highest BCUT2D eigenvalue weighted by Crippen LogP contribution is 2.15. The molecule has 0 saturated heterocycles. The van der Waals surface area contributed by atoms with E-state index in [2.05, 4.69) is 20.3 Å². The van der Waals surface area contributed by atoms with E-state index in [1.807, 2.05) is 6.92 Å². The average molecular weight is 244 g/mol. The molecule has 0 aromatic carbocycles. The van der Waals surface area contributed by atoms with Crippen LogP contribution in [0.4, 0.5) is 5.82 Å². The number of aromatic nitrogens is 3. The van der Waals surface area contributed by atoms with Crippen LogP contribution in [0.15, 0.2) is 30.5 Å². The molecule has 2 aromatic rings. The zero-order chi connectivity index (χ0) is 13.0. The van der Waals surface area contributed by atoms with Gasteiger partial charge in [-0.25, -0.2) is 14.8 Å². The third kappa shape index (κ3) is 2.60. The van der Waals surface area contributed by atoms with Crippen LogP contribution in [0.5, 0.6) is 0 Å². The number of pyridine rings is 1. The van der Waals surface area contributed by atoms with E-state index in [0.29, 0.717) is 23.9 Å². The molecule has 0 aliphatic carbocycles. The maximum atomic E-state index is 11.0. The molecule has 0 spiro atoms. The monoisotopic (exact) mass is 244 g/mol. The SMILES string of the molecule is CCNc1cc(C(=O)O)nc(-c2ccccn2)n1. The number of carboxylic acids is 1. The van der Waals surface area contributed by atoms with Crippen molar-refractivity contribution in [1.29, 1.82) is 0 Å². The first-order chi connectivity index (χ1) is 8.70. The molecule has 2 rings (SSSR count). The maximum absolute atomic E-state index is 11.0. The van der Waals surface area contributed by atoms with Crippen LogP contribution < -0.4 is 5.32 Å². The molecule has 2 heterocycles. The molecular formula is C12H12N4O2. The Labute approximate surface area is 104 Å². The molecule has 18 heavy (non-hydrogen) atoms. The lowest BCUT2D eigenvalue weighted by Gasteiger charge is -2.06. The maximum Gasteiger partial charge on any atom is 0.354 e. The van der Waals surface area contributed by atoms with E-state index in [9.17, 15) is 4.79 Å². The van der Waals surface area contributed by atoms with Crippen LogP contribution in [-0.2, 0) is 0 Å². The lowest BCUT2D eigenvalue weighted by atomic mass is 10.3. The minimum Gasteiger partial charge on any atom is -0.477 e. The van der Waals surface area contributed by atoms with Gasteiger partial charge in [0.15, 0.2) is 11.5 Å². The Kier molecular flexibility index (Phi) is 3.47. The van der Waals surface area contributed by atoms with Gasteiger partial charge in [-0.05, 0) is 19.1 Å². The van der Waals surface area contributed by atoms with Crippen molar-refractivity contribution in [2.45, 2.75) is 6.92 Å². The van der Waals surface area contributed by atoms with Gasteiger partial charge in [0.2, 0.25) is 0 Å². The fourth-order valence-corrected chi connectivity index (χ4v) is 1.44. The molecule has 0 saturated carbocycles. The second-order valence-corrected chi connectivity index (χ2v) is 3.51. The van der Waals surface area contributed by atoms with Crippen molar-refractivity contribution in [1.82, 2.24) is 15.0 Å². The number of carboxylic acid groups (broad SMARTS) is 1. The van der Waals surface area contributed by atoms with Crippen molar-refractivity contribution >= 4 is 11.8 Å². The summed E-state index contributed by atoms with van der Waals surface area (Å²) in [6, 6.07) is 6.71. The van der Waals surface area contributed by atoms with Crippen molar-refractivity contribution in [2.24, 2.45) is 0 Å². The topological polar surface area (TPSA) is 88.0 Å². The number of nitrogens with one attached hydrogen (secondary N) is 1. The molecule has 2 aromatic heterocycles. The van der Waals surface area contributed by atoms with E-state index in [1.165, 1.54) is 6.07 Å². The molecule has 0 radical (unpaired) electrons. The first-order valence-electron chi connectivity index (χ1n) is 5.48. The van der Waals surface area contributed by atoms with Crippen LogP contribution in [0.1, 0.15) is 17.4 Å². The normalized spacial score (nSPS) is 10.1. The van der Waals surface area contributed by atoms with E-state index < -0.39 is 5.97 Å². The highest BCUT2D eigenvalue weighted by molar-refractivity contribution is 5.86. The summed E-state index contributed by atoms with van der Waals surface area (Å²) in [6.07, 6.45) is 1.61. The van der Waals surface area contributed by atoms with Gasteiger partial charge in [0.25, 0.3) is 0 Å². The van der Waals surface area contributed by atoms with Gasteiger partial charge in [-0.1, -0.05) is 6.07 Å². The van der Waals surface area contributed by atoms with Gasteiger partial charge < -0.3 is 10.4 Å². The van der Waals surface area contributed by atoms with E-state index in [0.717, 1.165) is 0 Å². The predicted molar refractivity (Wildman–Crippen MR) is 66.4 cm³/mol. The number of nitrogens with zero attached hydrogens (tertiary/aromatic N) is 3. The fraction of sp³-hybridized carbons (Fsp3) is 0.167. The van der Waals surface area contributed by atoms with Crippen molar-refractivity contribution in [3.8, 4) is 11.5 Å². The van der Waals surface area contributed by atoms with Gasteiger partial charge in [-0.15, -0.1) is 0 Å². The van der Waals surface area contributed by atoms with E-state index in [-0.39, 0.29) is 5.69 Å². The molecule has 0 atom stereocenters. The zero-order valence-corrected chi connectivity index (χ0v) is 9.79. The fourth-order valence-electron chi connectivity index (χ4n) is 1.44. The molecular weight excluding hydrogens is 232 g/mol. The average Bonchev–Trinajstić information content (AvgIpc) is 2.40. The minimum atomic E-state index is -1.09. The summed E-state index contributed by atoms with van der Waals surface area (Å²) in [5.74, 6) is -0.314. The summed E-state index contributed by atoms with van der Waals surface area (Å²) in [7, 11) is 0. The van der Waals surface area contributed by atoms with Crippen LogP contribution in [0.25, 0.3) is 11.5 Å². The summed E-state index contributed by atoms with van der Waals surface area (Å²) in [6.45, 7) is 2.56. The Morgan fingerprint density at radius 2 is 2.22 bits per heavy atom. The molecule has 0 aliphatic rings. The van der Waals surface area contributed by atoms with E-state index >= 15 is 0 Å². The third-order valence-electron chi connectivity index (χ3n) is 2.20. The molecule has 6 heteroatoms. The Balaban J connectivity index is 2.50. The first kappa shape index (κ1) is 12.0. The van der Waals surface area contributed by atoms with Crippen molar-refractivity contribution in [3.05, 3.63) is 36.2 Å². The number of anilines is 1. The Morgan fingerprint density at radius 1 is 1.39 bits per heavy atom. The smallest absolute Gasteiger partial charge is 0.354 e. The lowest BCUT2D eigenvalue weighted by Crippen LogP contribution is -2.08. The van der Waals surface area contributed by atoms with Gasteiger partial charge in [0, 0.05) is 18.8 Å². The van der Waals surface area contributed by atoms with Crippen LogP contribution in [0.3, 0.4) is 0 Å². The number of hydrogen-bond acceptors (Lipinski definition) is 5. The number of carbonyl (C=O) groups is 1. The minimum absolute atomic E-state index is 0.0541. The molecule has 0 bridgehead atoms. The van der Waals surface area contributed by atoms with Crippen molar-refractivity contribution < 1.29 is 9.90 Å². The molecule has 0 fully saturated rings. The highest BCUT2D eigenvalue weighted by atomic mass is 16.4. The van der Waals surface area contributed by atoms with Crippen LogP contribution in [0, 0.1) is 0 Å². The Hall–Kier alpha value is -2.50. The Morgan fingerprint density at radius 3 is 2.83 bits per heavy atom. The van der Waals surface area contributed by atoms with Crippen molar-refractivity contribution in [3.63, 3.8) is 0 Å². The van der Waals surface area contributed by atoms with Gasteiger partial charge in [0.1, 0.15) is 11.5 Å². The van der Waals surface area contributed by atoms with Gasteiger partial charge in [0.05, 0.1) is 0 Å². The molecule has 0 amide bonds. The zero-order valence-electron chi connectivity index (χ0n) is 9.79. The van der Waals surface area contributed by atoms with Crippen LogP contribution >= 0.6 is 0 Å². The molecule has 92 valence electrons. The van der Waals surface area contributed by atoms with Gasteiger partial charge in [-0.2, -0.15) is 0 Å². The second-order valence-electron chi connectivity index (χ2n) is 3.51. The molecule has 6 nitrogen and oxygen atoms in total. The van der Waals surface area contributed by atoms with E-state index in [1.54, 1.807) is 24.4 Å². The summed E-state index contributed by atoms with van der Waals surface area (Å²) in [4.78, 5) is 23.3. The van der Waals surface area contributed by atoms with Gasteiger partial charge in [-0.3, -0.25) is 4.98 Å². The largest absolute Gasteiger partial charge is 0.477 e. The standard InChI is InChI=1S/C12H12N4O2/c1-2-13-10-7-9(12(17)18)15-11(16-10)8-5-3-4-6-14-8/h3-7H,2H2,1H3,(H,17,18)(H,13,15,16). The predicted octanol–water partition coefficient (Wildman–Crippen LogP) is 1.67. The second kappa shape index (κ2) is 5.22. The summed E-state index contributed by atoms with van der Waals surface area (Å²) in [5, 5.41) is 12.0. The highest BCUT2D eigenvalue weighted by Gasteiger charge is 2.11. The quantitative estimate of drug-likeness (QED) is 0.850. The number of rotatable bonds is 4. The summed E-state index contributed by atoms with van der Waals surface area (Å²) >= 11 is 0. The van der Waals surface area contributed by atoms with Crippen LogP contribution in [-0.4, -0.2) is 32.6 Å². The third-order valence-corrected chi connectivity index (χ3v) is 2.20. The summed E-state index contributed by atoms with van der Waals surface area (Å²) in [5.41, 5.74) is 0.487. The van der Waals surface area contributed by atoms with Gasteiger partial charge >= 0.3 is 5.97 Å². The first-order valence-corrected chi connectivity index (χ1v) is 5.48. The summed E-state index contributed by atoms with van der Waals surface area (Å²) < 4.78 is 0. The molecule has 2 N–H and O–H groups in total. The van der Waals surface area contributed by atoms with Crippen LogP contribution in [0.2, 0.25) is 0 Å². The van der Waals surface area contributed by atoms with E-state index in [4.69, 9.17) is 5.11 Å². The lowest BCUT2D eigenvalue weighted by molar-refractivity contribution is 0.0690. The number of aromatic carboxylic acids is 1. The number of hydrogen-bond donors (Lipinski definition) is 2. The Bertz CT molecular complexity index is 557. The van der Waals surface area contributed by atoms with Crippen molar-refractivity contribution in [2.75, 3.05) is 11.9 Å². The molecule has 0 aliphatic heterocycles.